The number of esters is 1. The summed E-state index contributed by atoms with van der Waals surface area (Å²) in [6.07, 6.45) is 0.956. The second kappa shape index (κ2) is 5.48. The Morgan fingerprint density at radius 3 is 2.81 bits per heavy atom. The van der Waals surface area contributed by atoms with Crippen molar-refractivity contribution in [2.75, 3.05) is 19.5 Å². The Labute approximate surface area is 123 Å². The van der Waals surface area contributed by atoms with Crippen molar-refractivity contribution in [2.24, 2.45) is 0 Å². The van der Waals surface area contributed by atoms with Gasteiger partial charge in [-0.2, -0.15) is 0 Å². The van der Waals surface area contributed by atoms with E-state index in [0.29, 0.717) is 23.6 Å². The van der Waals surface area contributed by atoms with E-state index in [1.807, 2.05) is 12.1 Å². The predicted molar refractivity (Wildman–Crippen MR) is 80.6 cm³/mol. The number of nitrogen functional groups attached to an aromatic ring is 1. The normalized spacial score (nSPS) is 15.8. The molecule has 2 N–H and O–H groups in total. The van der Waals surface area contributed by atoms with Gasteiger partial charge in [0.25, 0.3) is 0 Å². The molecule has 108 valence electrons. The topological polar surface area (TPSA) is 61.5 Å². The van der Waals surface area contributed by atoms with Crippen LogP contribution < -0.4 is 10.5 Å². The van der Waals surface area contributed by atoms with Crippen LogP contribution in [0, 0.1) is 0 Å². The maximum absolute atomic E-state index is 12.2. The quantitative estimate of drug-likeness (QED) is 0.692. The van der Waals surface area contributed by atoms with Gasteiger partial charge in [0.1, 0.15) is 5.56 Å². The Balaban J connectivity index is 1.67. The molecule has 0 bridgehead atoms. The number of rotatable bonds is 4. The minimum Gasteiger partial charge on any atom is -0.494 e. The number of fused-ring (bicyclic) bond motifs is 1. The van der Waals surface area contributed by atoms with Crippen LogP contribution in [0.4, 0.5) is 5.69 Å². The van der Waals surface area contributed by atoms with Crippen LogP contribution in [0.15, 0.2) is 42.5 Å². The third kappa shape index (κ3) is 2.44. The molecule has 4 nitrogen and oxygen atoms in total. The first kappa shape index (κ1) is 13.5. The summed E-state index contributed by atoms with van der Waals surface area (Å²) in [6.45, 7) is 0.383. The summed E-state index contributed by atoms with van der Waals surface area (Å²) in [5.41, 5.74) is 9.19. The van der Waals surface area contributed by atoms with Gasteiger partial charge in [-0.1, -0.05) is 30.3 Å². The van der Waals surface area contributed by atoms with Crippen LogP contribution in [0.5, 0.6) is 5.75 Å². The van der Waals surface area contributed by atoms with Gasteiger partial charge in [-0.3, -0.25) is 0 Å². The molecule has 0 spiro atoms. The number of para-hydroxylation sites is 1. The second-order valence-corrected chi connectivity index (χ2v) is 5.13. The molecule has 0 aliphatic heterocycles. The number of anilines is 1. The van der Waals surface area contributed by atoms with Crippen molar-refractivity contribution in [3.05, 3.63) is 59.2 Å². The number of ether oxygens (including phenoxy) is 2. The third-order valence-corrected chi connectivity index (χ3v) is 3.85. The van der Waals surface area contributed by atoms with Crippen LogP contribution in [0.3, 0.4) is 0 Å². The minimum absolute atomic E-state index is 0.289. The zero-order valence-electron chi connectivity index (χ0n) is 11.8. The molecule has 3 rings (SSSR count). The first-order chi connectivity index (χ1) is 10.2. The van der Waals surface area contributed by atoms with Crippen LogP contribution in [0.25, 0.3) is 0 Å². The van der Waals surface area contributed by atoms with E-state index in [1.54, 1.807) is 18.2 Å². The van der Waals surface area contributed by atoms with E-state index in [9.17, 15) is 4.79 Å². The van der Waals surface area contributed by atoms with Gasteiger partial charge in [0.2, 0.25) is 0 Å². The number of carbonyl (C=O) groups excluding carboxylic acids is 1. The molecule has 0 amide bonds. The van der Waals surface area contributed by atoms with Crippen LogP contribution in [0.2, 0.25) is 0 Å². The van der Waals surface area contributed by atoms with Gasteiger partial charge in [-0.05, 0) is 29.7 Å². The zero-order valence-corrected chi connectivity index (χ0v) is 11.8. The van der Waals surface area contributed by atoms with Gasteiger partial charge in [-0.15, -0.1) is 0 Å². The van der Waals surface area contributed by atoms with Gasteiger partial charge in [0.05, 0.1) is 19.4 Å². The Hall–Kier alpha value is -2.49. The van der Waals surface area contributed by atoms with Crippen molar-refractivity contribution in [1.82, 2.24) is 0 Å². The monoisotopic (exact) mass is 283 g/mol. The average Bonchev–Trinajstić information content (AvgIpc) is 2.47. The fourth-order valence-corrected chi connectivity index (χ4v) is 2.71. The van der Waals surface area contributed by atoms with E-state index < -0.39 is 5.97 Å². The van der Waals surface area contributed by atoms with Crippen molar-refractivity contribution in [3.8, 4) is 5.75 Å². The summed E-state index contributed by atoms with van der Waals surface area (Å²) in [7, 11) is 1.49. The van der Waals surface area contributed by atoms with Gasteiger partial charge in [0, 0.05) is 5.92 Å². The van der Waals surface area contributed by atoms with E-state index in [4.69, 9.17) is 15.2 Å². The molecular weight excluding hydrogens is 266 g/mol. The molecule has 0 saturated carbocycles. The molecule has 1 atom stereocenters. The molecule has 0 fully saturated rings. The lowest BCUT2D eigenvalue weighted by atomic mass is 9.78. The molecule has 1 aliphatic rings. The number of hydrogen-bond acceptors (Lipinski definition) is 4. The Bertz CT molecular complexity index is 681. The van der Waals surface area contributed by atoms with Gasteiger partial charge >= 0.3 is 5.97 Å². The molecule has 21 heavy (non-hydrogen) atoms. The third-order valence-electron chi connectivity index (χ3n) is 3.85. The highest BCUT2D eigenvalue weighted by molar-refractivity contribution is 5.94. The lowest BCUT2D eigenvalue weighted by molar-refractivity contribution is 0.0466. The van der Waals surface area contributed by atoms with E-state index in [-0.39, 0.29) is 5.92 Å². The lowest BCUT2D eigenvalue weighted by Crippen LogP contribution is -2.23. The van der Waals surface area contributed by atoms with Crippen molar-refractivity contribution < 1.29 is 14.3 Å². The highest BCUT2D eigenvalue weighted by Crippen LogP contribution is 2.35. The number of carbonyl (C=O) groups is 1. The molecule has 0 aromatic heterocycles. The molecule has 0 saturated heterocycles. The van der Waals surface area contributed by atoms with Crippen LogP contribution in [-0.2, 0) is 11.2 Å². The maximum atomic E-state index is 12.2. The molecule has 2 aromatic rings. The van der Waals surface area contributed by atoms with Crippen molar-refractivity contribution >= 4 is 11.7 Å². The van der Waals surface area contributed by atoms with Gasteiger partial charge < -0.3 is 15.2 Å². The Morgan fingerprint density at radius 1 is 1.24 bits per heavy atom. The highest BCUT2D eigenvalue weighted by Gasteiger charge is 2.27. The molecule has 1 unspecified atom stereocenters. The Morgan fingerprint density at radius 2 is 2.05 bits per heavy atom. The highest BCUT2D eigenvalue weighted by atomic mass is 16.5. The largest absolute Gasteiger partial charge is 0.494 e. The van der Waals surface area contributed by atoms with Gasteiger partial charge in [0.15, 0.2) is 5.75 Å². The molecule has 1 aliphatic carbocycles. The number of nitrogens with two attached hydrogens (primary N) is 1. The molecule has 4 heteroatoms. The summed E-state index contributed by atoms with van der Waals surface area (Å²) in [6, 6.07) is 13.3. The SMILES string of the molecule is COc1c(N)cccc1C(=O)OCC1Cc2ccccc21. The van der Waals surface area contributed by atoms with Crippen molar-refractivity contribution in [1.29, 1.82) is 0 Å². The number of methoxy groups -OCH3 is 1. The van der Waals surface area contributed by atoms with E-state index in [0.717, 1.165) is 6.42 Å². The summed E-state index contributed by atoms with van der Waals surface area (Å²) in [5, 5.41) is 0. The van der Waals surface area contributed by atoms with Crippen LogP contribution in [-0.4, -0.2) is 19.7 Å². The average molecular weight is 283 g/mol. The van der Waals surface area contributed by atoms with E-state index in [1.165, 1.54) is 18.2 Å². The number of benzene rings is 2. The standard InChI is InChI=1S/C17H17NO3/c1-20-16-14(7-4-8-15(16)18)17(19)21-10-12-9-11-5-2-3-6-13(11)12/h2-8,12H,9-10,18H2,1H3. The summed E-state index contributed by atoms with van der Waals surface area (Å²) < 4.78 is 10.6. The molecule has 0 heterocycles. The first-order valence-corrected chi connectivity index (χ1v) is 6.88. The van der Waals surface area contributed by atoms with Crippen LogP contribution >= 0.6 is 0 Å². The van der Waals surface area contributed by atoms with Crippen molar-refractivity contribution in [2.45, 2.75) is 12.3 Å². The fraction of sp³-hybridized carbons (Fsp3) is 0.235. The van der Waals surface area contributed by atoms with E-state index in [2.05, 4.69) is 12.1 Å². The lowest BCUT2D eigenvalue weighted by Gasteiger charge is -2.29. The van der Waals surface area contributed by atoms with E-state index >= 15 is 0 Å². The number of hydrogen-bond donors (Lipinski definition) is 1. The predicted octanol–water partition coefficient (Wildman–Crippen LogP) is 2.77. The molecule has 2 aromatic carbocycles. The van der Waals surface area contributed by atoms with Crippen molar-refractivity contribution in [3.63, 3.8) is 0 Å². The smallest absolute Gasteiger partial charge is 0.342 e. The second-order valence-electron chi connectivity index (χ2n) is 5.13. The van der Waals surface area contributed by atoms with Crippen LogP contribution in [0.1, 0.15) is 27.4 Å². The maximum Gasteiger partial charge on any atom is 0.342 e. The molecular formula is C17H17NO3. The fourth-order valence-electron chi connectivity index (χ4n) is 2.71. The first-order valence-electron chi connectivity index (χ1n) is 6.88. The van der Waals surface area contributed by atoms with Gasteiger partial charge in [-0.25, -0.2) is 4.79 Å². The zero-order chi connectivity index (χ0) is 14.8. The molecule has 0 radical (unpaired) electrons. The summed E-state index contributed by atoms with van der Waals surface area (Å²) in [5.74, 6) is 0.261. The minimum atomic E-state index is -0.400. The Kier molecular flexibility index (Phi) is 3.52. The summed E-state index contributed by atoms with van der Waals surface area (Å²) in [4.78, 5) is 12.2. The summed E-state index contributed by atoms with van der Waals surface area (Å²) >= 11 is 0.